The molecule has 1 aromatic heterocycles. The molecule has 0 spiro atoms. The van der Waals surface area contributed by atoms with Crippen molar-refractivity contribution < 1.29 is 6.11 Å². The van der Waals surface area contributed by atoms with E-state index in [1.807, 2.05) is 30.3 Å². The smallest absolute Gasteiger partial charge is 0.151 e. The highest BCUT2D eigenvalue weighted by atomic mass is 16.5. The normalized spacial score (nSPS) is 15.4. The SMILES string of the molecule is [2H]C(Cc1ccccc1)[C@@H](OC)n1ccnn1. The average Bonchev–Trinajstić information content (AvgIpc) is 2.85. The Morgan fingerprint density at radius 3 is 2.88 bits per heavy atom. The van der Waals surface area contributed by atoms with E-state index >= 15 is 0 Å². The van der Waals surface area contributed by atoms with Crippen molar-refractivity contribution in [1.82, 2.24) is 15.0 Å². The minimum atomic E-state index is -0.413. The van der Waals surface area contributed by atoms with E-state index in [4.69, 9.17) is 6.11 Å². The third kappa shape index (κ3) is 2.67. The number of aromatic nitrogens is 3. The van der Waals surface area contributed by atoms with E-state index in [1.54, 1.807) is 24.2 Å². The van der Waals surface area contributed by atoms with Crippen molar-refractivity contribution in [3.05, 3.63) is 48.3 Å². The lowest BCUT2D eigenvalue weighted by Gasteiger charge is -2.14. The summed E-state index contributed by atoms with van der Waals surface area (Å²) in [6.07, 6.45) is 3.10. The molecule has 0 N–H and O–H groups in total. The molecule has 0 bridgehead atoms. The fraction of sp³-hybridized carbons (Fsp3) is 0.333. The second kappa shape index (κ2) is 5.42. The second-order valence-electron chi connectivity index (χ2n) is 3.43. The molecule has 1 unspecified atom stereocenters. The van der Waals surface area contributed by atoms with Crippen LogP contribution in [0.2, 0.25) is 0 Å². The van der Waals surface area contributed by atoms with Crippen LogP contribution in [0.5, 0.6) is 0 Å². The highest BCUT2D eigenvalue weighted by Crippen LogP contribution is 2.14. The van der Waals surface area contributed by atoms with E-state index in [9.17, 15) is 0 Å². The summed E-state index contributed by atoms with van der Waals surface area (Å²) < 4.78 is 15.0. The van der Waals surface area contributed by atoms with Gasteiger partial charge in [0.25, 0.3) is 0 Å². The first-order valence-electron chi connectivity index (χ1n) is 5.74. The zero-order valence-corrected chi connectivity index (χ0v) is 9.15. The van der Waals surface area contributed by atoms with Crippen LogP contribution in [-0.4, -0.2) is 22.1 Å². The third-order valence-corrected chi connectivity index (χ3v) is 2.34. The van der Waals surface area contributed by atoms with Gasteiger partial charge in [0, 0.05) is 14.7 Å². The van der Waals surface area contributed by atoms with Crippen LogP contribution in [0.25, 0.3) is 0 Å². The Balaban J connectivity index is 2.06. The van der Waals surface area contributed by atoms with Gasteiger partial charge in [-0.25, -0.2) is 4.68 Å². The highest BCUT2D eigenvalue weighted by molar-refractivity contribution is 5.14. The zero-order valence-electron chi connectivity index (χ0n) is 10.2. The molecular formula is C12H15N3O. The molecule has 0 saturated carbocycles. The molecule has 1 heterocycles. The molecule has 4 heteroatoms. The summed E-state index contributed by atoms with van der Waals surface area (Å²) in [7, 11) is 1.58. The molecule has 0 aliphatic heterocycles. The van der Waals surface area contributed by atoms with Crippen LogP contribution < -0.4 is 0 Å². The maximum Gasteiger partial charge on any atom is 0.151 e. The van der Waals surface area contributed by atoms with Gasteiger partial charge >= 0.3 is 0 Å². The van der Waals surface area contributed by atoms with Crippen LogP contribution in [0.15, 0.2) is 42.7 Å². The summed E-state index contributed by atoms with van der Waals surface area (Å²) in [5.41, 5.74) is 1.12. The van der Waals surface area contributed by atoms with Gasteiger partial charge in [-0.3, -0.25) is 0 Å². The third-order valence-electron chi connectivity index (χ3n) is 2.34. The largest absolute Gasteiger partial charge is 0.360 e. The summed E-state index contributed by atoms with van der Waals surface area (Å²) >= 11 is 0. The summed E-state index contributed by atoms with van der Waals surface area (Å²) in [6, 6.07) is 9.93. The number of benzene rings is 1. The zero-order chi connectivity index (χ0) is 12.1. The molecule has 2 atom stereocenters. The Bertz CT molecular complexity index is 432. The van der Waals surface area contributed by atoms with Crippen molar-refractivity contribution in [2.75, 3.05) is 7.11 Å². The van der Waals surface area contributed by atoms with Crippen LogP contribution in [0.4, 0.5) is 0 Å². The molecule has 0 aliphatic carbocycles. The van der Waals surface area contributed by atoms with E-state index in [1.165, 1.54) is 0 Å². The number of ether oxygens (including phenoxy) is 1. The molecule has 1 aromatic carbocycles. The lowest BCUT2D eigenvalue weighted by Crippen LogP contribution is -2.13. The minimum Gasteiger partial charge on any atom is -0.360 e. The van der Waals surface area contributed by atoms with Crippen LogP contribution >= 0.6 is 0 Å². The summed E-state index contributed by atoms with van der Waals surface area (Å²) in [4.78, 5) is 0. The molecule has 0 amide bonds. The standard InChI is InChI=1S/C12H15N3O/c1-16-12(15-10-9-13-14-15)8-7-11-5-3-2-4-6-11/h2-6,9-10,12H,7-8H2,1H3/t12-/m1/s1/i8D/t8?,12-. The number of methoxy groups -OCH3 is 1. The minimum absolute atomic E-state index is 0.405. The Morgan fingerprint density at radius 2 is 2.25 bits per heavy atom. The molecule has 2 rings (SSSR count). The van der Waals surface area contributed by atoms with E-state index < -0.39 is 12.6 Å². The summed E-state index contributed by atoms with van der Waals surface area (Å²) in [5.74, 6) is 0. The Hall–Kier alpha value is -1.68. The molecule has 4 nitrogen and oxygen atoms in total. The second-order valence-corrected chi connectivity index (χ2v) is 3.43. The van der Waals surface area contributed by atoms with E-state index in [0.29, 0.717) is 6.42 Å². The van der Waals surface area contributed by atoms with E-state index in [2.05, 4.69) is 10.3 Å². The lowest BCUT2D eigenvalue weighted by molar-refractivity contribution is 0.0257. The first-order chi connectivity index (χ1) is 8.31. The maximum atomic E-state index is 8.13. The summed E-state index contributed by atoms with van der Waals surface area (Å²) in [6.45, 7) is 0. The van der Waals surface area contributed by atoms with Gasteiger partial charge < -0.3 is 4.74 Å². The number of rotatable bonds is 5. The Kier molecular flexibility index (Phi) is 3.23. The van der Waals surface area contributed by atoms with Gasteiger partial charge in [-0.05, 0) is 18.4 Å². The van der Waals surface area contributed by atoms with Crippen LogP contribution in [0.3, 0.4) is 0 Å². The summed E-state index contributed by atoms with van der Waals surface area (Å²) in [5, 5.41) is 7.60. The first-order valence-corrected chi connectivity index (χ1v) is 5.16. The molecule has 2 aromatic rings. The van der Waals surface area contributed by atoms with Crippen molar-refractivity contribution in [2.45, 2.75) is 19.0 Å². The average molecular weight is 218 g/mol. The van der Waals surface area contributed by atoms with Gasteiger partial charge in [-0.15, -0.1) is 5.10 Å². The van der Waals surface area contributed by atoms with Gasteiger partial charge in [-0.2, -0.15) is 0 Å². The fourth-order valence-electron chi connectivity index (χ4n) is 1.52. The van der Waals surface area contributed by atoms with Gasteiger partial charge in [0.05, 0.1) is 6.20 Å². The topological polar surface area (TPSA) is 39.9 Å². The number of hydrogen-bond donors (Lipinski definition) is 0. The molecular weight excluding hydrogens is 202 g/mol. The van der Waals surface area contributed by atoms with Crippen molar-refractivity contribution in [3.63, 3.8) is 0 Å². The predicted molar refractivity (Wildman–Crippen MR) is 60.8 cm³/mol. The van der Waals surface area contributed by atoms with Gasteiger partial charge in [0.15, 0.2) is 6.23 Å². The monoisotopic (exact) mass is 218 g/mol. The predicted octanol–water partition coefficient (Wildman–Crippen LogP) is 2.06. The molecule has 84 valence electrons. The first kappa shape index (κ1) is 9.54. The maximum absolute atomic E-state index is 8.13. The molecule has 0 saturated heterocycles. The van der Waals surface area contributed by atoms with Crippen LogP contribution in [0.1, 0.15) is 19.6 Å². The molecule has 16 heavy (non-hydrogen) atoms. The highest BCUT2D eigenvalue weighted by Gasteiger charge is 2.09. The lowest BCUT2D eigenvalue weighted by atomic mass is 10.1. The molecule has 0 radical (unpaired) electrons. The molecule has 0 aliphatic rings. The van der Waals surface area contributed by atoms with Crippen LogP contribution in [0, 0.1) is 0 Å². The Labute approximate surface area is 96.3 Å². The van der Waals surface area contributed by atoms with Crippen molar-refractivity contribution in [3.8, 4) is 0 Å². The number of aryl methyl sites for hydroxylation is 1. The van der Waals surface area contributed by atoms with Crippen molar-refractivity contribution in [2.24, 2.45) is 0 Å². The van der Waals surface area contributed by atoms with Gasteiger partial charge in [0.1, 0.15) is 0 Å². The fourth-order valence-corrected chi connectivity index (χ4v) is 1.52. The number of nitrogens with zero attached hydrogens (tertiary/aromatic N) is 3. The van der Waals surface area contributed by atoms with E-state index in [0.717, 1.165) is 5.56 Å². The van der Waals surface area contributed by atoms with Gasteiger partial charge in [-0.1, -0.05) is 35.5 Å². The van der Waals surface area contributed by atoms with Gasteiger partial charge in [0.2, 0.25) is 0 Å². The van der Waals surface area contributed by atoms with Crippen LogP contribution in [-0.2, 0) is 11.2 Å². The molecule has 0 fully saturated rings. The van der Waals surface area contributed by atoms with E-state index in [-0.39, 0.29) is 0 Å². The van der Waals surface area contributed by atoms with Crippen molar-refractivity contribution >= 4 is 0 Å². The van der Waals surface area contributed by atoms with Crippen molar-refractivity contribution in [1.29, 1.82) is 0 Å². The number of hydrogen-bond acceptors (Lipinski definition) is 3. The quantitative estimate of drug-likeness (QED) is 0.771. The Morgan fingerprint density at radius 1 is 1.44 bits per heavy atom.